The maximum absolute atomic E-state index is 12.4. The molecule has 0 aromatic heterocycles. The van der Waals surface area contributed by atoms with E-state index in [4.69, 9.17) is 18.9 Å². The van der Waals surface area contributed by atoms with Gasteiger partial charge in [0.1, 0.15) is 23.0 Å². The molecule has 0 fully saturated rings. The van der Waals surface area contributed by atoms with Gasteiger partial charge in [-0.3, -0.25) is 0 Å². The van der Waals surface area contributed by atoms with Crippen molar-refractivity contribution in [2.24, 2.45) is 0 Å². The lowest BCUT2D eigenvalue weighted by molar-refractivity contribution is -0.131. The first-order chi connectivity index (χ1) is 23.7. The van der Waals surface area contributed by atoms with Crippen molar-refractivity contribution in [1.29, 1.82) is 0 Å². The molecule has 0 aliphatic rings. The molecule has 0 bridgehead atoms. The van der Waals surface area contributed by atoms with E-state index in [9.17, 15) is 19.2 Å². The van der Waals surface area contributed by atoms with Crippen molar-refractivity contribution < 1.29 is 38.1 Å². The molecule has 8 nitrogen and oxygen atoms in total. The molecule has 4 aromatic carbocycles. The molecule has 252 valence electrons. The summed E-state index contributed by atoms with van der Waals surface area (Å²) in [6.07, 6.45) is 3.66. The minimum absolute atomic E-state index is 0.207. The first kappa shape index (κ1) is 36.3. The third kappa shape index (κ3) is 9.51. The standard InChI is InChI=1S/C42H36O8/c1-25(2)39(43)47-34-20-19-33(37(23-34)49-41(45)27(5)6)14-11-29-9-12-30(13-10-29)31-15-17-32(18-16-31)36-22-21-35(48-40(44)26(3)4)24-38(36)50-42(46)28(7)8/h9-24H,1,3,5,7H2,2,4,6,8H3/b14-11+. The summed E-state index contributed by atoms with van der Waals surface area (Å²) in [5, 5.41) is 0. The van der Waals surface area contributed by atoms with E-state index in [-0.39, 0.29) is 45.3 Å². The molecular formula is C42H36O8. The van der Waals surface area contributed by atoms with Gasteiger partial charge in [-0.25, -0.2) is 19.2 Å². The summed E-state index contributed by atoms with van der Waals surface area (Å²) in [5.41, 5.74) is 5.70. The lowest BCUT2D eigenvalue weighted by atomic mass is 9.99. The second-order valence-electron chi connectivity index (χ2n) is 11.6. The maximum atomic E-state index is 12.4. The van der Waals surface area contributed by atoms with E-state index in [0.29, 0.717) is 11.1 Å². The molecule has 4 aromatic rings. The van der Waals surface area contributed by atoms with Crippen LogP contribution in [0, 0.1) is 0 Å². The summed E-state index contributed by atoms with van der Waals surface area (Å²) in [7, 11) is 0. The van der Waals surface area contributed by atoms with E-state index in [0.717, 1.165) is 22.3 Å². The molecule has 0 N–H and O–H groups in total. The minimum atomic E-state index is -0.608. The van der Waals surface area contributed by atoms with Crippen LogP contribution in [0.4, 0.5) is 0 Å². The molecule has 0 amide bonds. The van der Waals surface area contributed by atoms with Gasteiger partial charge in [-0.15, -0.1) is 0 Å². The Balaban J connectivity index is 1.55. The average Bonchev–Trinajstić information content (AvgIpc) is 3.08. The molecular weight excluding hydrogens is 632 g/mol. The van der Waals surface area contributed by atoms with Crippen molar-refractivity contribution in [1.82, 2.24) is 0 Å². The van der Waals surface area contributed by atoms with Crippen LogP contribution in [-0.2, 0) is 19.2 Å². The van der Waals surface area contributed by atoms with Gasteiger partial charge in [-0.1, -0.05) is 87.0 Å². The highest BCUT2D eigenvalue weighted by Gasteiger charge is 2.16. The van der Waals surface area contributed by atoms with Crippen molar-refractivity contribution in [3.63, 3.8) is 0 Å². The van der Waals surface area contributed by atoms with Gasteiger partial charge in [-0.05, 0) is 74.2 Å². The van der Waals surface area contributed by atoms with Crippen molar-refractivity contribution >= 4 is 36.0 Å². The Labute approximate surface area is 291 Å². The predicted molar refractivity (Wildman–Crippen MR) is 194 cm³/mol. The van der Waals surface area contributed by atoms with Gasteiger partial charge in [0, 0.05) is 45.6 Å². The van der Waals surface area contributed by atoms with E-state index in [1.165, 1.54) is 19.1 Å². The van der Waals surface area contributed by atoms with Gasteiger partial charge < -0.3 is 18.9 Å². The summed E-state index contributed by atoms with van der Waals surface area (Å²) < 4.78 is 21.7. The molecule has 0 saturated carbocycles. The fourth-order valence-electron chi connectivity index (χ4n) is 4.27. The molecule has 8 heteroatoms. The van der Waals surface area contributed by atoms with Crippen LogP contribution in [0.15, 0.2) is 134 Å². The molecule has 0 atom stereocenters. The summed E-state index contributed by atoms with van der Waals surface area (Å²) in [4.78, 5) is 48.7. The van der Waals surface area contributed by atoms with Gasteiger partial charge in [0.05, 0.1) is 0 Å². The lowest BCUT2D eigenvalue weighted by Gasteiger charge is -2.13. The summed E-state index contributed by atoms with van der Waals surface area (Å²) >= 11 is 0. The predicted octanol–water partition coefficient (Wildman–Crippen LogP) is 9.12. The SMILES string of the molecule is C=C(C)C(=O)Oc1ccc(/C=C/c2ccc(-c3ccc(-c4ccc(OC(=O)C(=C)C)cc4OC(=O)C(=C)C)cc3)cc2)c(OC(=O)C(=C)C)c1. The summed E-state index contributed by atoms with van der Waals surface area (Å²) in [6, 6.07) is 25.1. The highest BCUT2D eigenvalue weighted by molar-refractivity contribution is 5.92. The van der Waals surface area contributed by atoms with Crippen LogP contribution in [0.25, 0.3) is 34.4 Å². The van der Waals surface area contributed by atoms with Crippen molar-refractivity contribution in [2.75, 3.05) is 0 Å². The number of hydrogen-bond donors (Lipinski definition) is 0. The normalized spacial score (nSPS) is 10.6. The Morgan fingerprint density at radius 1 is 0.460 bits per heavy atom. The van der Waals surface area contributed by atoms with Crippen molar-refractivity contribution in [2.45, 2.75) is 27.7 Å². The monoisotopic (exact) mass is 668 g/mol. The molecule has 0 unspecified atom stereocenters. The van der Waals surface area contributed by atoms with Gasteiger partial charge in [-0.2, -0.15) is 0 Å². The molecule has 0 aliphatic carbocycles. The Morgan fingerprint density at radius 2 is 0.860 bits per heavy atom. The fraction of sp³-hybridized carbons (Fsp3) is 0.0952. The first-order valence-corrected chi connectivity index (χ1v) is 15.4. The second-order valence-corrected chi connectivity index (χ2v) is 11.6. The number of rotatable bonds is 12. The first-order valence-electron chi connectivity index (χ1n) is 15.4. The van der Waals surface area contributed by atoms with E-state index < -0.39 is 23.9 Å². The molecule has 0 spiro atoms. The van der Waals surface area contributed by atoms with Crippen molar-refractivity contribution in [3.05, 3.63) is 145 Å². The van der Waals surface area contributed by atoms with Gasteiger partial charge in [0.25, 0.3) is 0 Å². The lowest BCUT2D eigenvalue weighted by Crippen LogP contribution is -2.11. The Kier molecular flexibility index (Phi) is 11.6. The number of carbonyl (C=O) groups excluding carboxylic acids is 4. The van der Waals surface area contributed by atoms with Crippen LogP contribution in [0.5, 0.6) is 23.0 Å². The number of hydrogen-bond acceptors (Lipinski definition) is 8. The molecule has 0 heterocycles. The Hall–Kier alpha value is -6.54. The van der Waals surface area contributed by atoms with Crippen molar-refractivity contribution in [3.8, 4) is 45.3 Å². The zero-order valence-corrected chi connectivity index (χ0v) is 28.3. The van der Waals surface area contributed by atoms with Gasteiger partial charge >= 0.3 is 23.9 Å². The highest BCUT2D eigenvalue weighted by Crippen LogP contribution is 2.36. The van der Waals surface area contributed by atoms with Crippen LogP contribution in [0.3, 0.4) is 0 Å². The van der Waals surface area contributed by atoms with Crippen LogP contribution in [0.1, 0.15) is 38.8 Å². The van der Waals surface area contributed by atoms with Crippen LogP contribution in [-0.4, -0.2) is 23.9 Å². The average molecular weight is 669 g/mol. The molecule has 50 heavy (non-hydrogen) atoms. The van der Waals surface area contributed by atoms with E-state index in [1.54, 1.807) is 51.1 Å². The molecule has 0 aliphatic heterocycles. The van der Waals surface area contributed by atoms with Crippen LogP contribution < -0.4 is 18.9 Å². The van der Waals surface area contributed by atoms with Gasteiger partial charge in [0.2, 0.25) is 0 Å². The third-order valence-corrected chi connectivity index (χ3v) is 7.05. The second kappa shape index (κ2) is 16.0. The Morgan fingerprint density at radius 3 is 1.36 bits per heavy atom. The maximum Gasteiger partial charge on any atom is 0.338 e. The minimum Gasteiger partial charge on any atom is -0.423 e. The van der Waals surface area contributed by atoms with E-state index >= 15 is 0 Å². The fourth-order valence-corrected chi connectivity index (χ4v) is 4.27. The Bertz CT molecular complexity index is 2060. The number of ether oxygens (including phenoxy) is 4. The quantitative estimate of drug-likeness (QED) is 0.0637. The van der Waals surface area contributed by atoms with Crippen LogP contribution in [0.2, 0.25) is 0 Å². The largest absolute Gasteiger partial charge is 0.423 e. The number of benzene rings is 4. The van der Waals surface area contributed by atoms with Crippen LogP contribution >= 0.6 is 0 Å². The zero-order chi connectivity index (χ0) is 36.5. The number of esters is 4. The summed E-state index contributed by atoms with van der Waals surface area (Å²) in [5.74, 6) is -1.55. The van der Waals surface area contributed by atoms with E-state index in [2.05, 4.69) is 26.3 Å². The summed E-state index contributed by atoms with van der Waals surface area (Å²) in [6.45, 7) is 20.6. The molecule has 4 rings (SSSR count). The third-order valence-electron chi connectivity index (χ3n) is 7.05. The number of carbonyl (C=O) groups is 4. The zero-order valence-electron chi connectivity index (χ0n) is 28.3. The van der Waals surface area contributed by atoms with Gasteiger partial charge in [0.15, 0.2) is 0 Å². The van der Waals surface area contributed by atoms with E-state index in [1.807, 2.05) is 54.6 Å². The molecule has 0 radical (unpaired) electrons. The molecule has 0 saturated heterocycles. The highest BCUT2D eigenvalue weighted by atomic mass is 16.6. The topological polar surface area (TPSA) is 105 Å². The smallest absolute Gasteiger partial charge is 0.338 e.